The van der Waals surface area contributed by atoms with Crippen LogP contribution in [0.2, 0.25) is 0 Å². The lowest BCUT2D eigenvalue weighted by Crippen LogP contribution is -1.81. The predicted molar refractivity (Wildman–Crippen MR) is 49.2 cm³/mol. The van der Waals surface area contributed by atoms with Crippen molar-refractivity contribution >= 4 is 21.9 Å². The standard InChI is InChI=1S/C9H6N4/c1-2-10-4-7-6(1)3-11-9-8(7)12-5-13-9/h1-5H,(H,11,12,13). The van der Waals surface area contributed by atoms with Crippen LogP contribution in [0.4, 0.5) is 0 Å². The molecule has 13 heavy (non-hydrogen) atoms. The SMILES string of the molecule is c1cc2cnc3nc[nH]c3c2cn1. The second-order valence-corrected chi connectivity index (χ2v) is 2.82. The number of pyridine rings is 2. The van der Waals surface area contributed by atoms with Crippen molar-refractivity contribution in [2.75, 3.05) is 0 Å². The molecule has 0 fully saturated rings. The molecule has 0 aliphatic rings. The fourth-order valence-corrected chi connectivity index (χ4v) is 1.44. The zero-order valence-electron chi connectivity index (χ0n) is 6.73. The van der Waals surface area contributed by atoms with Gasteiger partial charge in [-0.15, -0.1) is 0 Å². The van der Waals surface area contributed by atoms with Crippen molar-refractivity contribution in [1.29, 1.82) is 0 Å². The lowest BCUT2D eigenvalue weighted by Gasteiger charge is -1.95. The number of fused-ring (bicyclic) bond motifs is 3. The molecule has 0 spiro atoms. The fraction of sp³-hybridized carbons (Fsp3) is 0. The van der Waals surface area contributed by atoms with Crippen molar-refractivity contribution in [1.82, 2.24) is 19.9 Å². The second kappa shape index (κ2) is 2.26. The van der Waals surface area contributed by atoms with Gasteiger partial charge in [0.05, 0.1) is 11.8 Å². The monoisotopic (exact) mass is 170 g/mol. The summed E-state index contributed by atoms with van der Waals surface area (Å²) in [6, 6.07) is 1.93. The Labute approximate surface area is 73.7 Å². The predicted octanol–water partition coefficient (Wildman–Crippen LogP) is 1.51. The Hall–Kier alpha value is -1.97. The van der Waals surface area contributed by atoms with Crippen LogP contribution in [-0.4, -0.2) is 19.9 Å². The fourth-order valence-electron chi connectivity index (χ4n) is 1.44. The molecule has 0 unspecified atom stereocenters. The summed E-state index contributed by atoms with van der Waals surface area (Å²) >= 11 is 0. The first-order valence-electron chi connectivity index (χ1n) is 3.97. The first-order valence-corrected chi connectivity index (χ1v) is 3.97. The number of nitrogens with one attached hydrogen (secondary N) is 1. The van der Waals surface area contributed by atoms with Crippen molar-refractivity contribution in [2.24, 2.45) is 0 Å². The Kier molecular flexibility index (Phi) is 1.14. The van der Waals surface area contributed by atoms with Crippen LogP contribution < -0.4 is 0 Å². The van der Waals surface area contributed by atoms with Gasteiger partial charge in [0.1, 0.15) is 0 Å². The molecule has 3 heterocycles. The van der Waals surface area contributed by atoms with E-state index >= 15 is 0 Å². The zero-order valence-corrected chi connectivity index (χ0v) is 6.73. The van der Waals surface area contributed by atoms with E-state index in [1.807, 2.05) is 12.3 Å². The highest BCUT2D eigenvalue weighted by molar-refractivity contribution is 6.01. The van der Waals surface area contributed by atoms with Crippen molar-refractivity contribution < 1.29 is 0 Å². The molecule has 0 aromatic carbocycles. The van der Waals surface area contributed by atoms with Crippen LogP contribution in [0.15, 0.2) is 31.0 Å². The summed E-state index contributed by atoms with van der Waals surface area (Å²) in [5.74, 6) is 0. The zero-order chi connectivity index (χ0) is 8.67. The summed E-state index contributed by atoms with van der Waals surface area (Å²) in [5, 5.41) is 2.14. The quantitative estimate of drug-likeness (QED) is 0.556. The number of aromatic nitrogens is 4. The minimum atomic E-state index is 0.737. The van der Waals surface area contributed by atoms with Gasteiger partial charge in [-0.3, -0.25) is 4.98 Å². The van der Waals surface area contributed by atoms with Gasteiger partial charge in [0.15, 0.2) is 5.65 Å². The van der Waals surface area contributed by atoms with Crippen molar-refractivity contribution in [2.45, 2.75) is 0 Å². The summed E-state index contributed by atoms with van der Waals surface area (Å²) in [6.07, 6.45) is 7.02. The van der Waals surface area contributed by atoms with Crippen molar-refractivity contribution in [3.8, 4) is 0 Å². The van der Waals surface area contributed by atoms with Crippen LogP contribution in [0.3, 0.4) is 0 Å². The van der Waals surface area contributed by atoms with Crippen LogP contribution in [0.1, 0.15) is 0 Å². The van der Waals surface area contributed by atoms with E-state index in [4.69, 9.17) is 0 Å². The van der Waals surface area contributed by atoms with Crippen molar-refractivity contribution in [3.63, 3.8) is 0 Å². The molecule has 0 bridgehead atoms. The van der Waals surface area contributed by atoms with E-state index in [9.17, 15) is 0 Å². The first-order chi connectivity index (χ1) is 6.45. The number of aromatic amines is 1. The summed E-state index contributed by atoms with van der Waals surface area (Å²) in [4.78, 5) is 15.4. The lowest BCUT2D eigenvalue weighted by molar-refractivity contribution is 1.31. The van der Waals surface area contributed by atoms with Crippen LogP contribution in [0.25, 0.3) is 21.9 Å². The number of nitrogens with zero attached hydrogens (tertiary/aromatic N) is 3. The Morgan fingerprint density at radius 1 is 1.15 bits per heavy atom. The molecule has 3 aromatic rings. The average molecular weight is 170 g/mol. The normalized spacial score (nSPS) is 11.1. The van der Waals surface area contributed by atoms with Crippen LogP contribution >= 0.6 is 0 Å². The van der Waals surface area contributed by atoms with E-state index in [0.717, 1.165) is 21.9 Å². The minimum absolute atomic E-state index is 0.737. The molecule has 0 atom stereocenters. The third kappa shape index (κ3) is 0.823. The molecule has 1 N–H and O–H groups in total. The number of hydrogen-bond donors (Lipinski definition) is 1. The van der Waals surface area contributed by atoms with E-state index in [2.05, 4.69) is 19.9 Å². The maximum Gasteiger partial charge on any atom is 0.178 e. The molecular weight excluding hydrogens is 164 g/mol. The molecule has 62 valence electrons. The van der Waals surface area contributed by atoms with Gasteiger partial charge >= 0.3 is 0 Å². The van der Waals surface area contributed by atoms with E-state index < -0.39 is 0 Å². The van der Waals surface area contributed by atoms with Crippen LogP contribution in [0.5, 0.6) is 0 Å². The van der Waals surface area contributed by atoms with E-state index in [1.54, 1.807) is 18.7 Å². The number of H-pyrrole nitrogens is 1. The summed E-state index contributed by atoms with van der Waals surface area (Å²) in [7, 11) is 0. The van der Waals surface area contributed by atoms with E-state index in [-0.39, 0.29) is 0 Å². The topological polar surface area (TPSA) is 54.5 Å². The second-order valence-electron chi connectivity index (χ2n) is 2.82. The summed E-state index contributed by atoms with van der Waals surface area (Å²) < 4.78 is 0. The molecule has 0 amide bonds. The summed E-state index contributed by atoms with van der Waals surface area (Å²) in [6.45, 7) is 0. The highest BCUT2D eigenvalue weighted by Gasteiger charge is 2.01. The Morgan fingerprint density at radius 2 is 2.15 bits per heavy atom. The largest absolute Gasteiger partial charge is 0.343 e. The van der Waals surface area contributed by atoms with Crippen LogP contribution in [0, 0.1) is 0 Å². The van der Waals surface area contributed by atoms with Gasteiger partial charge in [-0.1, -0.05) is 0 Å². The molecule has 3 aromatic heterocycles. The van der Waals surface area contributed by atoms with Gasteiger partial charge in [-0.25, -0.2) is 9.97 Å². The highest BCUT2D eigenvalue weighted by Crippen LogP contribution is 2.18. The molecule has 0 aliphatic heterocycles. The maximum atomic E-state index is 4.20. The van der Waals surface area contributed by atoms with Gasteiger partial charge in [-0.05, 0) is 6.07 Å². The minimum Gasteiger partial charge on any atom is -0.343 e. The molecular formula is C9H6N4. The third-order valence-corrected chi connectivity index (χ3v) is 2.07. The van der Waals surface area contributed by atoms with Crippen molar-refractivity contribution in [3.05, 3.63) is 31.0 Å². The molecule has 4 nitrogen and oxygen atoms in total. The first kappa shape index (κ1) is 6.54. The molecule has 3 rings (SSSR count). The molecule has 0 radical (unpaired) electrons. The van der Waals surface area contributed by atoms with E-state index in [0.29, 0.717) is 0 Å². The van der Waals surface area contributed by atoms with E-state index in [1.165, 1.54) is 0 Å². The third-order valence-electron chi connectivity index (χ3n) is 2.07. The van der Waals surface area contributed by atoms with Gasteiger partial charge in [-0.2, -0.15) is 0 Å². The molecule has 0 aliphatic carbocycles. The molecule has 4 heteroatoms. The van der Waals surface area contributed by atoms with Gasteiger partial charge in [0, 0.05) is 29.4 Å². The number of rotatable bonds is 0. The highest BCUT2D eigenvalue weighted by atomic mass is 14.9. The summed E-state index contributed by atoms with van der Waals surface area (Å²) in [5.41, 5.74) is 1.69. The van der Waals surface area contributed by atoms with Gasteiger partial charge in [0.25, 0.3) is 0 Å². The Bertz CT molecular complexity index is 570. The van der Waals surface area contributed by atoms with Gasteiger partial charge in [0.2, 0.25) is 0 Å². The number of hydrogen-bond acceptors (Lipinski definition) is 3. The number of imidazole rings is 1. The lowest BCUT2D eigenvalue weighted by atomic mass is 10.2. The van der Waals surface area contributed by atoms with Gasteiger partial charge < -0.3 is 4.98 Å². The smallest absolute Gasteiger partial charge is 0.178 e. The molecule has 0 saturated carbocycles. The average Bonchev–Trinajstić information content (AvgIpc) is 2.65. The Morgan fingerprint density at radius 3 is 3.15 bits per heavy atom. The molecule has 0 saturated heterocycles. The Balaban J connectivity index is 2.65. The maximum absolute atomic E-state index is 4.20. The van der Waals surface area contributed by atoms with Crippen LogP contribution in [-0.2, 0) is 0 Å².